The van der Waals surface area contributed by atoms with Crippen molar-refractivity contribution >= 4 is 0 Å². The SMILES string of the molecule is OC(CCN1CCCC1)c1ccc(C(F)(F)F)cc1. The number of aliphatic hydroxyl groups excluding tert-OH is 1. The zero-order valence-corrected chi connectivity index (χ0v) is 10.7. The molecule has 1 aromatic rings. The molecule has 0 bridgehead atoms. The second kappa shape index (κ2) is 5.92. The molecule has 2 rings (SSSR count). The van der Waals surface area contributed by atoms with E-state index in [4.69, 9.17) is 0 Å². The molecule has 0 aromatic heterocycles. The molecule has 0 aliphatic carbocycles. The van der Waals surface area contributed by atoms with Gasteiger partial charge in [-0.3, -0.25) is 0 Å². The Morgan fingerprint density at radius 3 is 2.21 bits per heavy atom. The minimum absolute atomic E-state index is 0.548. The molecule has 1 N–H and O–H groups in total. The number of likely N-dealkylation sites (tertiary alicyclic amines) is 1. The first-order chi connectivity index (χ1) is 8.97. The fraction of sp³-hybridized carbons (Fsp3) is 0.571. The van der Waals surface area contributed by atoms with E-state index in [1.807, 2.05) is 0 Å². The molecule has 0 radical (unpaired) electrons. The number of hydrogen-bond donors (Lipinski definition) is 1. The molecule has 1 saturated heterocycles. The predicted octanol–water partition coefficient (Wildman–Crippen LogP) is 3.22. The summed E-state index contributed by atoms with van der Waals surface area (Å²) in [6.07, 6.45) is -2.07. The van der Waals surface area contributed by atoms with Gasteiger partial charge in [0.15, 0.2) is 0 Å². The number of aliphatic hydroxyl groups is 1. The normalized spacial score (nSPS) is 18.7. The largest absolute Gasteiger partial charge is 0.416 e. The third-order valence-corrected chi connectivity index (χ3v) is 3.54. The highest BCUT2D eigenvalue weighted by molar-refractivity contribution is 5.26. The van der Waals surface area contributed by atoms with Crippen LogP contribution in [0.5, 0.6) is 0 Å². The Kier molecular flexibility index (Phi) is 4.47. The van der Waals surface area contributed by atoms with Crippen LogP contribution in [0.25, 0.3) is 0 Å². The zero-order chi connectivity index (χ0) is 13.9. The summed E-state index contributed by atoms with van der Waals surface area (Å²) in [5.74, 6) is 0. The third kappa shape index (κ3) is 3.94. The van der Waals surface area contributed by atoms with E-state index in [-0.39, 0.29) is 0 Å². The number of rotatable bonds is 4. The molecule has 1 aliphatic rings. The van der Waals surface area contributed by atoms with E-state index in [2.05, 4.69) is 4.90 Å². The Balaban J connectivity index is 1.89. The molecule has 5 heteroatoms. The molecule has 106 valence electrons. The fourth-order valence-electron chi connectivity index (χ4n) is 2.37. The molecule has 1 aliphatic heterocycles. The number of halogens is 3. The molecule has 0 saturated carbocycles. The summed E-state index contributed by atoms with van der Waals surface area (Å²) < 4.78 is 37.2. The van der Waals surface area contributed by atoms with Crippen molar-refractivity contribution in [3.05, 3.63) is 35.4 Å². The van der Waals surface area contributed by atoms with Gasteiger partial charge in [0.1, 0.15) is 0 Å². The van der Waals surface area contributed by atoms with Crippen LogP contribution < -0.4 is 0 Å². The maximum atomic E-state index is 12.4. The average molecular weight is 273 g/mol. The Labute approximate surface area is 110 Å². The molecule has 1 fully saturated rings. The molecule has 1 unspecified atom stereocenters. The smallest absolute Gasteiger partial charge is 0.388 e. The van der Waals surface area contributed by atoms with E-state index in [0.717, 1.165) is 31.8 Å². The van der Waals surface area contributed by atoms with Gasteiger partial charge >= 0.3 is 6.18 Å². The van der Waals surface area contributed by atoms with Crippen molar-refractivity contribution in [3.8, 4) is 0 Å². The average Bonchev–Trinajstić information content (AvgIpc) is 2.88. The Morgan fingerprint density at radius 2 is 1.68 bits per heavy atom. The van der Waals surface area contributed by atoms with Crippen LogP contribution in [0, 0.1) is 0 Å². The number of alkyl halides is 3. The second-order valence-corrected chi connectivity index (χ2v) is 4.97. The first-order valence-corrected chi connectivity index (χ1v) is 6.54. The summed E-state index contributed by atoms with van der Waals surface area (Å²) >= 11 is 0. The molecule has 1 atom stereocenters. The van der Waals surface area contributed by atoms with Gasteiger partial charge in [-0.15, -0.1) is 0 Å². The van der Waals surface area contributed by atoms with Crippen molar-refractivity contribution in [2.45, 2.75) is 31.5 Å². The summed E-state index contributed by atoms with van der Waals surface area (Å²) in [4.78, 5) is 2.27. The van der Waals surface area contributed by atoms with E-state index in [0.29, 0.717) is 12.0 Å². The highest BCUT2D eigenvalue weighted by Crippen LogP contribution is 2.30. The van der Waals surface area contributed by atoms with E-state index >= 15 is 0 Å². The van der Waals surface area contributed by atoms with Crippen molar-refractivity contribution in [1.29, 1.82) is 0 Å². The monoisotopic (exact) mass is 273 g/mol. The van der Waals surface area contributed by atoms with Crippen LogP contribution in [-0.4, -0.2) is 29.6 Å². The summed E-state index contributed by atoms with van der Waals surface area (Å²) in [6.45, 7) is 2.90. The summed E-state index contributed by atoms with van der Waals surface area (Å²) in [5.41, 5.74) is -0.129. The van der Waals surface area contributed by atoms with Crippen LogP contribution in [0.4, 0.5) is 13.2 Å². The summed E-state index contributed by atoms with van der Waals surface area (Å²) in [7, 11) is 0. The highest BCUT2D eigenvalue weighted by atomic mass is 19.4. The highest BCUT2D eigenvalue weighted by Gasteiger charge is 2.30. The van der Waals surface area contributed by atoms with Gasteiger partial charge in [-0.25, -0.2) is 0 Å². The lowest BCUT2D eigenvalue weighted by atomic mass is 10.0. The molecule has 1 aromatic carbocycles. The van der Waals surface area contributed by atoms with Gasteiger partial charge in [-0.2, -0.15) is 13.2 Å². The fourth-order valence-corrected chi connectivity index (χ4v) is 2.37. The van der Waals surface area contributed by atoms with E-state index < -0.39 is 17.8 Å². The van der Waals surface area contributed by atoms with Crippen LogP contribution in [-0.2, 0) is 6.18 Å². The van der Waals surface area contributed by atoms with Gasteiger partial charge in [0, 0.05) is 6.54 Å². The zero-order valence-electron chi connectivity index (χ0n) is 10.7. The van der Waals surface area contributed by atoms with Crippen LogP contribution >= 0.6 is 0 Å². The standard InChI is InChI=1S/C14H18F3NO/c15-14(16,17)12-5-3-11(4-6-12)13(19)7-10-18-8-1-2-9-18/h3-6,13,19H,1-2,7-10H2. The van der Waals surface area contributed by atoms with Crippen molar-refractivity contribution in [3.63, 3.8) is 0 Å². The van der Waals surface area contributed by atoms with E-state index in [9.17, 15) is 18.3 Å². The van der Waals surface area contributed by atoms with Gasteiger partial charge < -0.3 is 10.0 Å². The Bertz CT molecular complexity index is 396. The summed E-state index contributed by atoms with van der Waals surface area (Å²) in [5, 5.41) is 9.97. The van der Waals surface area contributed by atoms with Crippen molar-refractivity contribution in [1.82, 2.24) is 4.90 Å². The first-order valence-electron chi connectivity index (χ1n) is 6.54. The van der Waals surface area contributed by atoms with Gasteiger partial charge in [-0.1, -0.05) is 12.1 Å². The van der Waals surface area contributed by atoms with Gasteiger partial charge in [0.2, 0.25) is 0 Å². The predicted molar refractivity (Wildman–Crippen MR) is 66.7 cm³/mol. The third-order valence-electron chi connectivity index (χ3n) is 3.54. The lowest BCUT2D eigenvalue weighted by molar-refractivity contribution is -0.137. The first kappa shape index (κ1) is 14.3. The topological polar surface area (TPSA) is 23.5 Å². The minimum Gasteiger partial charge on any atom is -0.388 e. The molecule has 0 amide bonds. The van der Waals surface area contributed by atoms with Crippen molar-refractivity contribution in [2.75, 3.05) is 19.6 Å². The van der Waals surface area contributed by atoms with E-state index in [1.165, 1.54) is 25.0 Å². The number of benzene rings is 1. The van der Waals surface area contributed by atoms with Crippen LogP contribution in [0.2, 0.25) is 0 Å². The summed E-state index contributed by atoms with van der Waals surface area (Å²) in [6, 6.07) is 4.76. The lowest BCUT2D eigenvalue weighted by Gasteiger charge is -2.18. The number of nitrogens with zero attached hydrogens (tertiary/aromatic N) is 1. The Morgan fingerprint density at radius 1 is 1.11 bits per heavy atom. The maximum Gasteiger partial charge on any atom is 0.416 e. The quantitative estimate of drug-likeness (QED) is 0.910. The van der Waals surface area contributed by atoms with Crippen molar-refractivity contribution < 1.29 is 18.3 Å². The number of hydrogen-bond acceptors (Lipinski definition) is 2. The minimum atomic E-state index is -4.32. The van der Waals surface area contributed by atoms with Gasteiger partial charge in [-0.05, 0) is 50.0 Å². The van der Waals surface area contributed by atoms with E-state index in [1.54, 1.807) is 0 Å². The molecule has 2 nitrogen and oxygen atoms in total. The molecular formula is C14H18F3NO. The molecule has 1 heterocycles. The molecule has 19 heavy (non-hydrogen) atoms. The van der Waals surface area contributed by atoms with Crippen LogP contribution in [0.3, 0.4) is 0 Å². The van der Waals surface area contributed by atoms with Crippen LogP contribution in [0.1, 0.15) is 36.5 Å². The lowest BCUT2D eigenvalue weighted by Crippen LogP contribution is -2.22. The second-order valence-electron chi connectivity index (χ2n) is 4.97. The Hall–Kier alpha value is -1.07. The maximum absolute atomic E-state index is 12.4. The van der Waals surface area contributed by atoms with Gasteiger partial charge in [0.05, 0.1) is 11.7 Å². The molecular weight excluding hydrogens is 255 g/mol. The van der Waals surface area contributed by atoms with Crippen molar-refractivity contribution in [2.24, 2.45) is 0 Å². The van der Waals surface area contributed by atoms with Crippen LogP contribution in [0.15, 0.2) is 24.3 Å². The molecule has 0 spiro atoms. The van der Waals surface area contributed by atoms with Gasteiger partial charge in [0.25, 0.3) is 0 Å².